The molecule has 0 aromatic heterocycles. The standard InChI is InChI=1S/C13H18ClNO2/c1-13(2,3)6-7-15-9-4-5-10(12(16)17)11(14)8-9/h4-5,8,15H,6-7H2,1-3H3,(H,16,17). The van der Waals surface area contributed by atoms with Crippen molar-refractivity contribution in [1.82, 2.24) is 0 Å². The maximum absolute atomic E-state index is 10.8. The summed E-state index contributed by atoms with van der Waals surface area (Å²) < 4.78 is 0. The van der Waals surface area contributed by atoms with Crippen molar-refractivity contribution < 1.29 is 9.90 Å². The Morgan fingerprint density at radius 1 is 1.41 bits per heavy atom. The molecule has 94 valence electrons. The summed E-state index contributed by atoms with van der Waals surface area (Å²) in [4.78, 5) is 10.8. The van der Waals surface area contributed by atoms with Crippen molar-refractivity contribution in [3.8, 4) is 0 Å². The molecule has 0 amide bonds. The van der Waals surface area contributed by atoms with E-state index < -0.39 is 5.97 Å². The van der Waals surface area contributed by atoms with E-state index in [-0.39, 0.29) is 16.0 Å². The molecule has 0 atom stereocenters. The Balaban J connectivity index is 2.62. The average Bonchev–Trinajstić information content (AvgIpc) is 2.15. The molecule has 2 N–H and O–H groups in total. The van der Waals surface area contributed by atoms with Crippen LogP contribution in [0.1, 0.15) is 37.6 Å². The zero-order valence-electron chi connectivity index (χ0n) is 10.4. The minimum atomic E-state index is -1.00. The van der Waals surface area contributed by atoms with Crippen molar-refractivity contribution in [1.29, 1.82) is 0 Å². The van der Waals surface area contributed by atoms with E-state index in [1.807, 2.05) is 0 Å². The summed E-state index contributed by atoms with van der Waals surface area (Å²) in [6.45, 7) is 7.37. The molecule has 3 nitrogen and oxygen atoms in total. The summed E-state index contributed by atoms with van der Waals surface area (Å²) in [6.07, 6.45) is 1.03. The number of hydrogen-bond donors (Lipinski definition) is 2. The van der Waals surface area contributed by atoms with Gasteiger partial charge >= 0.3 is 5.97 Å². The number of halogens is 1. The molecule has 4 heteroatoms. The molecule has 1 rings (SSSR count). The van der Waals surface area contributed by atoms with Crippen LogP contribution >= 0.6 is 11.6 Å². The fourth-order valence-electron chi connectivity index (χ4n) is 1.38. The number of nitrogens with one attached hydrogen (secondary N) is 1. The van der Waals surface area contributed by atoms with E-state index in [9.17, 15) is 4.79 Å². The normalized spacial score (nSPS) is 11.3. The average molecular weight is 256 g/mol. The van der Waals surface area contributed by atoms with E-state index in [4.69, 9.17) is 16.7 Å². The van der Waals surface area contributed by atoms with Gasteiger partial charge in [-0.1, -0.05) is 32.4 Å². The molecule has 17 heavy (non-hydrogen) atoms. The molecular weight excluding hydrogens is 238 g/mol. The van der Waals surface area contributed by atoms with Crippen LogP contribution in [0, 0.1) is 5.41 Å². The summed E-state index contributed by atoms with van der Waals surface area (Å²) in [5.41, 5.74) is 1.26. The van der Waals surface area contributed by atoms with Crippen LogP contribution in [0.15, 0.2) is 18.2 Å². The van der Waals surface area contributed by atoms with Gasteiger partial charge in [-0.2, -0.15) is 0 Å². The number of anilines is 1. The maximum Gasteiger partial charge on any atom is 0.337 e. The van der Waals surface area contributed by atoms with Gasteiger partial charge in [0, 0.05) is 12.2 Å². The highest BCUT2D eigenvalue weighted by Crippen LogP contribution is 2.22. The van der Waals surface area contributed by atoms with Gasteiger partial charge in [-0.3, -0.25) is 0 Å². The SMILES string of the molecule is CC(C)(C)CCNc1ccc(C(=O)O)c(Cl)c1. The van der Waals surface area contributed by atoms with Gasteiger partial charge < -0.3 is 10.4 Å². The molecule has 0 saturated heterocycles. The minimum absolute atomic E-state index is 0.132. The van der Waals surface area contributed by atoms with Crippen LogP contribution < -0.4 is 5.32 Å². The van der Waals surface area contributed by atoms with Gasteiger partial charge in [-0.05, 0) is 30.0 Å². The summed E-state index contributed by atoms with van der Waals surface area (Å²) in [5.74, 6) is -1.00. The Morgan fingerprint density at radius 2 is 2.06 bits per heavy atom. The first-order valence-corrected chi connectivity index (χ1v) is 5.94. The fraction of sp³-hybridized carbons (Fsp3) is 0.462. The van der Waals surface area contributed by atoms with Crippen LogP contribution in [0.5, 0.6) is 0 Å². The second-order valence-corrected chi connectivity index (χ2v) is 5.64. The van der Waals surface area contributed by atoms with Gasteiger partial charge in [0.25, 0.3) is 0 Å². The van der Waals surface area contributed by atoms with Crippen LogP contribution in [0.4, 0.5) is 5.69 Å². The molecule has 1 aromatic rings. The quantitative estimate of drug-likeness (QED) is 0.858. The van der Waals surface area contributed by atoms with Gasteiger partial charge in [0.15, 0.2) is 0 Å². The van der Waals surface area contributed by atoms with Crippen molar-refractivity contribution in [2.45, 2.75) is 27.2 Å². The first-order chi connectivity index (χ1) is 7.79. The summed E-state index contributed by atoms with van der Waals surface area (Å²) in [7, 11) is 0. The van der Waals surface area contributed by atoms with Gasteiger partial charge in [0.2, 0.25) is 0 Å². The zero-order valence-corrected chi connectivity index (χ0v) is 11.1. The van der Waals surface area contributed by atoms with Crippen molar-refractivity contribution in [3.63, 3.8) is 0 Å². The molecule has 0 radical (unpaired) electrons. The van der Waals surface area contributed by atoms with E-state index in [0.29, 0.717) is 0 Å². The molecule has 0 unspecified atom stereocenters. The monoisotopic (exact) mass is 255 g/mol. The van der Waals surface area contributed by atoms with Gasteiger partial charge in [-0.15, -0.1) is 0 Å². The van der Waals surface area contributed by atoms with E-state index in [1.54, 1.807) is 12.1 Å². The Hall–Kier alpha value is -1.22. The van der Waals surface area contributed by atoms with Gasteiger partial charge in [0.1, 0.15) is 0 Å². The highest BCUT2D eigenvalue weighted by Gasteiger charge is 2.11. The fourth-order valence-corrected chi connectivity index (χ4v) is 1.64. The number of carbonyl (C=O) groups is 1. The third-order valence-corrected chi connectivity index (χ3v) is 2.72. The van der Waals surface area contributed by atoms with Crippen LogP contribution in [-0.2, 0) is 0 Å². The zero-order chi connectivity index (χ0) is 13.1. The second-order valence-electron chi connectivity index (χ2n) is 5.24. The van der Waals surface area contributed by atoms with Crippen LogP contribution in [0.25, 0.3) is 0 Å². The van der Waals surface area contributed by atoms with E-state index >= 15 is 0 Å². The number of carboxylic acid groups (broad SMARTS) is 1. The van der Waals surface area contributed by atoms with Crippen LogP contribution in [-0.4, -0.2) is 17.6 Å². The molecule has 0 saturated carbocycles. The molecule has 0 fully saturated rings. The van der Waals surface area contributed by atoms with Crippen molar-refractivity contribution >= 4 is 23.3 Å². The summed E-state index contributed by atoms with van der Waals surface area (Å²) in [6, 6.07) is 4.90. The number of carboxylic acids is 1. The number of hydrogen-bond acceptors (Lipinski definition) is 2. The third kappa shape index (κ3) is 4.65. The highest BCUT2D eigenvalue weighted by molar-refractivity contribution is 6.33. The van der Waals surface area contributed by atoms with E-state index in [2.05, 4.69) is 26.1 Å². The lowest BCUT2D eigenvalue weighted by molar-refractivity contribution is 0.0697. The Labute approximate surface area is 107 Å². The lowest BCUT2D eigenvalue weighted by Gasteiger charge is -2.18. The number of rotatable bonds is 4. The van der Waals surface area contributed by atoms with Gasteiger partial charge in [0.05, 0.1) is 10.6 Å². The molecular formula is C13H18ClNO2. The summed E-state index contributed by atoms with van der Waals surface area (Å²) in [5, 5.41) is 12.3. The lowest BCUT2D eigenvalue weighted by atomic mass is 9.92. The molecule has 0 aliphatic rings. The first-order valence-electron chi connectivity index (χ1n) is 5.56. The molecule has 0 aliphatic carbocycles. The molecule has 0 heterocycles. The minimum Gasteiger partial charge on any atom is -0.478 e. The largest absolute Gasteiger partial charge is 0.478 e. The predicted molar refractivity (Wildman–Crippen MR) is 71.0 cm³/mol. The molecule has 0 bridgehead atoms. The van der Waals surface area contributed by atoms with Crippen molar-refractivity contribution in [3.05, 3.63) is 28.8 Å². The Bertz CT molecular complexity index is 410. The maximum atomic E-state index is 10.8. The van der Waals surface area contributed by atoms with Crippen molar-refractivity contribution in [2.75, 3.05) is 11.9 Å². The topological polar surface area (TPSA) is 49.3 Å². The molecule has 0 aliphatic heterocycles. The predicted octanol–water partition coefficient (Wildman–Crippen LogP) is 3.89. The van der Waals surface area contributed by atoms with Crippen molar-refractivity contribution in [2.24, 2.45) is 5.41 Å². The van der Waals surface area contributed by atoms with Crippen LogP contribution in [0.2, 0.25) is 5.02 Å². The third-order valence-electron chi connectivity index (χ3n) is 2.40. The van der Waals surface area contributed by atoms with E-state index in [0.717, 1.165) is 18.7 Å². The number of aromatic carboxylic acids is 1. The Morgan fingerprint density at radius 3 is 2.53 bits per heavy atom. The first kappa shape index (κ1) is 13.8. The van der Waals surface area contributed by atoms with Crippen LogP contribution in [0.3, 0.4) is 0 Å². The smallest absolute Gasteiger partial charge is 0.337 e. The summed E-state index contributed by atoms with van der Waals surface area (Å²) >= 11 is 5.87. The molecule has 1 aromatic carbocycles. The molecule has 0 spiro atoms. The second kappa shape index (κ2) is 5.41. The Kier molecular flexibility index (Phi) is 4.40. The van der Waals surface area contributed by atoms with E-state index in [1.165, 1.54) is 6.07 Å². The van der Waals surface area contributed by atoms with Gasteiger partial charge in [-0.25, -0.2) is 4.79 Å². The number of benzene rings is 1. The lowest BCUT2D eigenvalue weighted by Crippen LogP contribution is -2.12. The highest BCUT2D eigenvalue weighted by atomic mass is 35.5.